The van der Waals surface area contributed by atoms with Gasteiger partial charge >= 0.3 is 5.97 Å². The first kappa shape index (κ1) is 21.9. The van der Waals surface area contributed by atoms with Crippen LogP contribution in [-0.4, -0.2) is 25.4 Å². The van der Waals surface area contributed by atoms with Crippen molar-refractivity contribution in [2.75, 3.05) is 5.73 Å². The Morgan fingerprint density at radius 1 is 1.09 bits per heavy atom. The average molecular weight is 457 g/mol. The number of hydrogen-bond acceptors (Lipinski definition) is 5. The normalized spacial score (nSPS) is 18.3. The van der Waals surface area contributed by atoms with E-state index in [-0.39, 0.29) is 11.8 Å². The molecule has 1 aliphatic rings. The molecule has 0 amide bonds. The van der Waals surface area contributed by atoms with Crippen molar-refractivity contribution in [2.45, 2.75) is 39.0 Å². The molecule has 1 aliphatic carbocycles. The van der Waals surface area contributed by atoms with Crippen LogP contribution in [0.2, 0.25) is 0 Å². The van der Waals surface area contributed by atoms with Crippen molar-refractivity contribution < 1.29 is 14.6 Å². The van der Waals surface area contributed by atoms with E-state index >= 15 is 0 Å². The van der Waals surface area contributed by atoms with Gasteiger partial charge in [-0.25, -0.2) is 9.97 Å². The average Bonchev–Trinajstić information content (AvgIpc) is 3.47. The maximum absolute atomic E-state index is 11.8. The van der Waals surface area contributed by atoms with Gasteiger partial charge in [0.25, 0.3) is 0 Å². The van der Waals surface area contributed by atoms with Crippen molar-refractivity contribution in [1.82, 2.24) is 14.4 Å². The fourth-order valence-electron chi connectivity index (χ4n) is 4.93. The monoisotopic (exact) mass is 456 g/mol. The fourth-order valence-corrected chi connectivity index (χ4v) is 4.93. The van der Waals surface area contributed by atoms with E-state index in [4.69, 9.17) is 15.5 Å². The van der Waals surface area contributed by atoms with Crippen LogP contribution in [0.1, 0.15) is 44.9 Å². The number of nitrogens with two attached hydrogens (primary N) is 1. The molecule has 2 heterocycles. The summed E-state index contributed by atoms with van der Waals surface area (Å²) in [7, 11) is 0. The molecule has 5 rings (SSSR count). The second-order valence-corrected chi connectivity index (χ2v) is 9.52. The van der Waals surface area contributed by atoms with Crippen LogP contribution in [0.15, 0.2) is 67.0 Å². The number of hydrogen-bond donors (Lipinski definition) is 2. The highest BCUT2D eigenvalue weighted by atomic mass is 16.5. The van der Waals surface area contributed by atoms with Gasteiger partial charge in [-0.3, -0.25) is 9.20 Å². The Morgan fingerprint density at radius 2 is 1.79 bits per heavy atom. The number of carboxylic acid groups (broad SMARTS) is 1. The number of rotatable bonds is 6. The third kappa shape index (κ3) is 3.87. The Labute approximate surface area is 198 Å². The number of nitrogen functional groups attached to an aromatic ring is 1. The maximum Gasteiger partial charge on any atom is 0.309 e. The van der Waals surface area contributed by atoms with E-state index in [0.29, 0.717) is 5.82 Å². The molecule has 2 unspecified atom stereocenters. The second-order valence-electron chi connectivity index (χ2n) is 9.52. The second kappa shape index (κ2) is 8.48. The van der Waals surface area contributed by atoms with Gasteiger partial charge < -0.3 is 15.6 Å². The van der Waals surface area contributed by atoms with Crippen LogP contribution in [0.5, 0.6) is 11.5 Å². The van der Waals surface area contributed by atoms with E-state index in [0.717, 1.165) is 53.4 Å². The zero-order chi connectivity index (χ0) is 23.9. The van der Waals surface area contributed by atoms with Crippen LogP contribution in [0.3, 0.4) is 0 Å². The zero-order valence-electron chi connectivity index (χ0n) is 19.3. The molecule has 4 aromatic rings. The summed E-state index contributed by atoms with van der Waals surface area (Å²) in [4.78, 5) is 21.1. The predicted molar refractivity (Wildman–Crippen MR) is 131 cm³/mol. The van der Waals surface area contributed by atoms with Crippen molar-refractivity contribution in [1.29, 1.82) is 0 Å². The third-order valence-corrected chi connectivity index (χ3v) is 7.09. The SMILES string of the molecule is CC(C)(C(=O)O)C1CCC(c2nc(-c3ccc(Oc4ccccc4)cc3)c3c(N)nccn23)C1. The van der Waals surface area contributed by atoms with Gasteiger partial charge in [-0.1, -0.05) is 18.2 Å². The lowest BCUT2D eigenvalue weighted by Gasteiger charge is -2.26. The number of nitrogens with zero attached hydrogens (tertiary/aromatic N) is 3. The topological polar surface area (TPSA) is 103 Å². The molecule has 7 nitrogen and oxygen atoms in total. The Kier molecular flexibility index (Phi) is 5.48. The Hall–Kier alpha value is -3.87. The van der Waals surface area contributed by atoms with Gasteiger partial charge in [-0.05, 0) is 75.4 Å². The number of carbonyl (C=O) groups is 1. The molecule has 0 radical (unpaired) electrons. The van der Waals surface area contributed by atoms with Crippen molar-refractivity contribution in [2.24, 2.45) is 11.3 Å². The number of benzene rings is 2. The lowest BCUT2D eigenvalue weighted by molar-refractivity contribution is -0.150. The predicted octanol–water partition coefficient (Wildman–Crippen LogP) is 5.77. The molecule has 0 saturated heterocycles. The lowest BCUT2D eigenvalue weighted by atomic mass is 9.77. The van der Waals surface area contributed by atoms with E-state index in [2.05, 4.69) is 4.98 Å². The number of fused-ring (bicyclic) bond motifs is 1. The number of para-hydroxylation sites is 1. The molecule has 1 saturated carbocycles. The summed E-state index contributed by atoms with van der Waals surface area (Å²) < 4.78 is 7.94. The molecular weight excluding hydrogens is 428 g/mol. The van der Waals surface area contributed by atoms with Gasteiger partial charge in [0.15, 0.2) is 0 Å². The van der Waals surface area contributed by atoms with E-state index in [1.54, 1.807) is 6.20 Å². The van der Waals surface area contributed by atoms with E-state index in [1.165, 1.54) is 0 Å². The Morgan fingerprint density at radius 3 is 2.50 bits per heavy atom. The number of imidazole rings is 1. The summed E-state index contributed by atoms with van der Waals surface area (Å²) >= 11 is 0. The van der Waals surface area contributed by atoms with Gasteiger partial charge in [0.05, 0.1) is 5.41 Å². The quantitative estimate of drug-likeness (QED) is 0.382. The lowest BCUT2D eigenvalue weighted by Crippen LogP contribution is -2.31. The van der Waals surface area contributed by atoms with Crippen LogP contribution >= 0.6 is 0 Å². The number of aliphatic carboxylic acids is 1. The van der Waals surface area contributed by atoms with Crippen LogP contribution in [0.25, 0.3) is 16.8 Å². The van der Waals surface area contributed by atoms with Gasteiger partial charge in [0.1, 0.15) is 34.4 Å². The summed E-state index contributed by atoms with van der Waals surface area (Å²) in [5.41, 5.74) is 8.00. The van der Waals surface area contributed by atoms with Crippen LogP contribution < -0.4 is 10.5 Å². The first-order valence-corrected chi connectivity index (χ1v) is 11.5. The van der Waals surface area contributed by atoms with E-state index < -0.39 is 11.4 Å². The highest BCUT2D eigenvalue weighted by molar-refractivity contribution is 5.85. The van der Waals surface area contributed by atoms with Crippen LogP contribution in [0, 0.1) is 11.3 Å². The largest absolute Gasteiger partial charge is 0.481 e. The maximum atomic E-state index is 11.8. The molecule has 2 atom stereocenters. The van der Waals surface area contributed by atoms with Crippen molar-refractivity contribution in [3.63, 3.8) is 0 Å². The molecule has 0 aliphatic heterocycles. The van der Waals surface area contributed by atoms with Gasteiger partial charge in [0, 0.05) is 23.9 Å². The minimum absolute atomic E-state index is 0.0967. The fraction of sp³-hybridized carbons (Fsp3) is 0.296. The summed E-state index contributed by atoms with van der Waals surface area (Å²) in [5, 5.41) is 9.68. The Bertz CT molecular complexity index is 1330. The minimum Gasteiger partial charge on any atom is -0.481 e. The number of carboxylic acids is 1. The molecular formula is C27H28N4O3. The molecule has 2 aromatic heterocycles. The highest BCUT2D eigenvalue weighted by Gasteiger charge is 2.42. The van der Waals surface area contributed by atoms with Crippen molar-refractivity contribution in [3.05, 3.63) is 72.8 Å². The summed E-state index contributed by atoms with van der Waals surface area (Å²) in [6, 6.07) is 17.4. The number of aromatic nitrogens is 3. The minimum atomic E-state index is -0.764. The molecule has 2 aromatic carbocycles. The molecule has 174 valence electrons. The Balaban J connectivity index is 1.48. The molecule has 3 N–H and O–H groups in total. The van der Waals surface area contributed by atoms with E-state index in [1.807, 2.05) is 79.0 Å². The van der Waals surface area contributed by atoms with Gasteiger partial charge in [-0.15, -0.1) is 0 Å². The summed E-state index contributed by atoms with van der Waals surface area (Å²) in [6.07, 6.45) is 6.11. The van der Waals surface area contributed by atoms with Gasteiger partial charge in [0.2, 0.25) is 0 Å². The molecule has 0 spiro atoms. The van der Waals surface area contributed by atoms with Crippen molar-refractivity contribution in [3.8, 4) is 22.8 Å². The van der Waals surface area contributed by atoms with Crippen LogP contribution in [0.4, 0.5) is 5.82 Å². The van der Waals surface area contributed by atoms with Crippen LogP contribution in [-0.2, 0) is 4.79 Å². The number of anilines is 1. The molecule has 34 heavy (non-hydrogen) atoms. The van der Waals surface area contributed by atoms with Crippen molar-refractivity contribution >= 4 is 17.3 Å². The molecule has 1 fully saturated rings. The molecule has 0 bridgehead atoms. The summed E-state index contributed by atoms with van der Waals surface area (Å²) in [6.45, 7) is 3.64. The highest BCUT2D eigenvalue weighted by Crippen LogP contribution is 2.47. The smallest absolute Gasteiger partial charge is 0.309 e. The standard InChI is InChI=1S/C27H28N4O3/c1-27(2,26(32)33)19-11-8-18(16-19)25-30-22(23-24(28)29-14-15-31(23)25)17-9-12-21(13-10-17)34-20-6-4-3-5-7-20/h3-7,9-10,12-15,18-19H,8,11,16H2,1-2H3,(H2,28,29)(H,32,33). The zero-order valence-corrected chi connectivity index (χ0v) is 19.3. The third-order valence-electron chi connectivity index (χ3n) is 7.09. The number of ether oxygens (including phenoxy) is 1. The first-order valence-electron chi connectivity index (χ1n) is 11.5. The molecule has 7 heteroatoms. The van der Waals surface area contributed by atoms with Gasteiger partial charge in [-0.2, -0.15) is 0 Å². The van der Waals surface area contributed by atoms with E-state index in [9.17, 15) is 9.90 Å². The summed E-state index contributed by atoms with van der Waals surface area (Å²) in [5.74, 6) is 2.34. The first-order chi connectivity index (χ1) is 16.3.